The highest BCUT2D eigenvalue weighted by atomic mass is 16.5. The van der Waals surface area contributed by atoms with Gasteiger partial charge in [0, 0.05) is 17.7 Å². The molecule has 154 valence electrons. The van der Waals surface area contributed by atoms with E-state index >= 15 is 0 Å². The highest BCUT2D eigenvalue weighted by Gasteiger charge is 2.19. The number of benzene rings is 2. The van der Waals surface area contributed by atoms with Crippen molar-refractivity contribution in [1.82, 2.24) is 0 Å². The molecule has 0 atom stereocenters. The summed E-state index contributed by atoms with van der Waals surface area (Å²) in [6.07, 6.45) is 0. The maximum absolute atomic E-state index is 12.1. The van der Waals surface area contributed by atoms with Gasteiger partial charge in [0.05, 0.1) is 6.61 Å². The van der Waals surface area contributed by atoms with Crippen LogP contribution in [0.3, 0.4) is 0 Å². The first-order valence-corrected chi connectivity index (χ1v) is 8.20. The fourth-order valence-corrected chi connectivity index (χ4v) is 2.34. The summed E-state index contributed by atoms with van der Waals surface area (Å²) in [6.45, 7) is 1.50. The fourth-order valence-electron chi connectivity index (χ4n) is 2.34. The Morgan fingerprint density at radius 1 is 1.00 bits per heavy atom. The summed E-state index contributed by atoms with van der Waals surface area (Å²) >= 11 is 0. The first-order valence-electron chi connectivity index (χ1n) is 8.20. The molecule has 3 rings (SSSR count). The fraction of sp³-hybridized carbons (Fsp3) is 0.158. The lowest BCUT2D eigenvalue weighted by atomic mass is 10.1. The van der Waals surface area contributed by atoms with Crippen molar-refractivity contribution in [3.05, 3.63) is 40.6 Å². The number of phenolic OH excluding ortho intramolecular Hbond substituents is 4. The largest absolute Gasteiger partial charge is 0.508 e. The van der Waals surface area contributed by atoms with Crippen LogP contribution in [0, 0.1) is 0 Å². The Balaban J connectivity index is 0.000000370. The topological polar surface area (TPSA) is 178 Å². The number of ether oxygens (including phenoxy) is 1. The van der Waals surface area contributed by atoms with E-state index in [1.807, 2.05) is 0 Å². The third-order valence-electron chi connectivity index (χ3n) is 3.61. The van der Waals surface area contributed by atoms with Gasteiger partial charge in [-0.05, 0) is 25.1 Å². The third kappa shape index (κ3) is 4.68. The number of carbonyl (C=O) groups excluding carboxylic acids is 1. The van der Waals surface area contributed by atoms with Gasteiger partial charge in [-0.1, -0.05) is 0 Å². The predicted molar refractivity (Wildman–Crippen MR) is 100.0 cm³/mol. The van der Waals surface area contributed by atoms with Crippen molar-refractivity contribution in [2.24, 2.45) is 0 Å². The van der Waals surface area contributed by atoms with E-state index in [1.165, 1.54) is 6.07 Å². The quantitative estimate of drug-likeness (QED) is 0.276. The van der Waals surface area contributed by atoms with Gasteiger partial charge in [0.2, 0.25) is 11.2 Å². The summed E-state index contributed by atoms with van der Waals surface area (Å²) in [4.78, 5) is 22.1. The highest BCUT2D eigenvalue weighted by Crippen LogP contribution is 2.37. The number of fused-ring (bicyclic) bond motifs is 1. The Kier molecular flexibility index (Phi) is 6.52. The van der Waals surface area contributed by atoms with E-state index in [1.54, 1.807) is 6.92 Å². The van der Waals surface area contributed by atoms with Crippen LogP contribution in [0.1, 0.15) is 6.92 Å². The monoisotopic (exact) mass is 406 g/mol. The van der Waals surface area contributed by atoms with Crippen LogP contribution in [-0.4, -0.2) is 49.8 Å². The van der Waals surface area contributed by atoms with Gasteiger partial charge in [0.1, 0.15) is 29.1 Å². The molecule has 0 aliphatic heterocycles. The summed E-state index contributed by atoms with van der Waals surface area (Å²) in [6, 6.07) is 5.64. The molecule has 0 unspecified atom stereocenters. The molecular weight excluding hydrogens is 388 g/mol. The van der Waals surface area contributed by atoms with Crippen LogP contribution >= 0.6 is 0 Å². The standard InChI is InChI=1S/C15H10O7.C4H8O3/c16-7-4-10(19)12-11(5-7)22-15(14(21)13(12)20)6-1-2-8(17)9(18)3-6;1-2-7-4(6)3-5/h1-5,16-19,21H;5H,2-3H2,1H3. The molecule has 1 aromatic heterocycles. The number of phenols is 4. The summed E-state index contributed by atoms with van der Waals surface area (Å²) in [5, 5.41) is 55.6. The number of hydrogen-bond donors (Lipinski definition) is 6. The molecule has 29 heavy (non-hydrogen) atoms. The molecule has 0 bridgehead atoms. The van der Waals surface area contributed by atoms with Crippen molar-refractivity contribution in [3.63, 3.8) is 0 Å². The van der Waals surface area contributed by atoms with Crippen LogP contribution in [0.15, 0.2) is 39.5 Å². The normalized spacial score (nSPS) is 10.3. The Bertz CT molecular complexity index is 1100. The lowest BCUT2D eigenvalue weighted by molar-refractivity contribution is -0.146. The number of rotatable bonds is 3. The van der Waals surface area contributed by atoms with Gasteiger partial charge in [-0.3, -0.25) is 4.79 Å². The van der Waals surface area contributed by atoms with Gasteiger partial charge in [-0.2, -0.15) is 0 Å². The van der Waals surface area contributed by atoms with Crippen molar-refractivity contribution in [2.45, 2.75) is 6.92 Å². The van der Waals surface area contributed by atoms with Gasteiger partial charge in [-0.25, -0.2) is 4.79 Å². The van der Waals surface area contributed by atoms with Gasteiger partial charge in [0.25, 0.3) is 0 Å². The molecule has 2 aromatic carbocycles. The molecule has 0 aliphatic carbocycles. The number of aliphatic hydroxyl groups excluding tert-OH is 1. The number of esters is 1. The van der Waals surface area contributed by atoms with Crippen LogP contribution in [0.2, 0.25) is 0 Å². The van der Waals surface area contributed by atoms with Gasteiger partial charge < -0.3 is 39.8 Å². The number of hydrogen-bond acceptors (Lipinski definition) is 10. The lowest BCUT2D eigenvalue weighted by Crippen LogP contribution is -2.07. The molecule has 3 aromatic rings. The zero-order valence-electron chi connectivity index (χ0n) is 15.1. The van der Waals surface area contributed by atoms with Crippen molar-refractivity contribution in [3.8, 4) is 40.1 Å². The molecule has 0 spiro atoms. The molecule has 10 heteroatoms. The zero-order chi connectivity index (χ0) is 21.7. The number of carbonyl (C=O) groups is 1. The van der Waals surface area contributed by atoms with E-state index in [9.17, 15) is 35.1 Å². The average Bonchev–Trinajstić information content (AvgIpc) is 2.67. The van der Waals surface area contributed by atoms with Gasteiger partial charge >= 0.3 is 5.97 Å². The molecule has 1 heterocycles. The maximum Gasteiger partial charge on any atom is 0.331 e. The van der Waals surface area contributed by atoms with E-state index in [-0.39, 0.29) is 33.8 Å². The second kappa shape index (κ2) is 8.85. The Hall–Kier alpha value is -3.92. The molecule has 10 nitrogen and oxygen atoms in total. The minimum absolute atomic E-state index is 0.134. The van der Waals surface area contributed by atoms with E-state index in [0.717, 1.165) is 24.3 Å². The Morgan fingerprint density at radius 2 is 1.69 bits per heavy atom. The Morgan fingerprint density at radius 3 is 2.24 bits per heavy atom. The van der Waals surface area contributed by atoms with Crippen molar-refractivity contribution in [1.29, 1.82) is 0 Å². The molecule has 0 saturated heterocycles. The van der Waals surface area contributed by atoms with E-state index in [2.05, 4.69) is 4.74 Å². The van der Waals surface area contributed by atoms with Crippen molar-refractivity contribution in [2.75, 3.05) is 13.2 Å². The highest BCUT2D eigenvalue weighted by molar-refractivity contribution is 5.88. The van der Waals surface area contributed by atoms with Crippen LogP contribution in [0.5, 0.6) is 28.7 Å². The number of aliphatic hydroxyl groups is 1. The van der Waals surface area contributed by atoms with Crippen LogP contribution in [0.4, 0.5) is 0 Å². The second-order valence-electron chi connectivity index (χ2n) is 5.61. The van der Waals surface area contributed by atoms with Gasteiger partial charge in [-0.15, -0.1) is 0 Å². The van der Waals surface area contributed by atoms with Crippen LogP contribution in [0.25, 0.3) is 22.3 Å². The van der Waals surface area contributed by atoms with Crippen molar-refractivity contribution < 1.29 is 44.6 Å². The minimum atomic E-state index is -0.888. The van der Waals surface area contributed by atoms with E-state index < -0.39 is 35.3 Å². The van der Waals surface area contributed by atoms with Crippen molar-refractivity contribution >= 4 is 16.9 Å². The second-order valence-corrected chi connectivity index (χ2v) is 5.61. The molecule has 0 amide bonds. The molecule has 6 N–H and O–H groups in total. The minimum Gasteiger partial charge on any atom is -0.508 e. The van der Waals surface area contributed by atoms with Gasteiger partial charge in [0.15, 0.2) is 17.3 Å². The summed E-state index contributed by atoms with van der Waals surface area (Å²) in [5.41, 5.74) is -0.890. The molecular formula is C19H18O10. The first-order chi connectivity index (χ1) is 13.7. The third-order valence-corrected chi connectivity index (χ3v) is 3.61. The van der Waals surface area contributed by atoms with E-state index in [4.69, 9.17) is 9.52 Å². The van der Waals surface area contributed by atoms with Crippen LogP contribution in [-0.2, 0) is 9.53 Å². The summed E-state index contributed by atoms with van der Waals surface area (Å²) < 4.78 is 9.66. The lowest BCUT2D eigenvalue weighted by Gasteiger charge is -2.08. The maximum atomic E-state index is 12.1. The van der Waals surface area contributed by atoms with Crippen LogP contribution < -0.4 is 5.43 Å². The molecule has 0 saturated carbocycles. The molecule has 0 fully saturated rings. The molecule has 0 radical (unpaired) electrons. The van der Waals surface area contributed by atoms with E-state index in [0.29, 0.717) is 6.61 Å². The zero-order valence-corrected chi connectivity index (χ0v) is 15.1. The summed E-state index contributed by atoms with van der Waals surface area (Å²) in [5.74, 6) is -3.28. The summed E-state index contributed by atoms with van der Waals surface area (Å²) in [7, 11) is 0. The smallest absolute Gasteiger partial charge is 0.331 e. The first kappa shape index (κ1) is 21.4. The SMILES string of the molecule is CCOC(=O)CO.O=c1c(O)c(-c2ccc(O)c(O)c2)oc2cc(O)cc(O)c12. The predicted octanol–water partition coefficient (Wildman–Crippen LogP) is 1.53. The molecule has 0 aliphatic rings. The Labute approximate surface area is 163 Å². The number of aromatic hydroxyl groups is 5. The average molecular weight is 406 g/mol.